The molecule has 3 aromatic carbocycles. The number of aromatic amines is 1. The van der Waals surface area contributed by atoms with Crippen molar-refractivity contribution in [2.75, 3.05) is 19.0 Å². The molecule has 0 aliphatic heterocycles. The van der Waals surface area contributed by atoms with Crippen molar-refractivity contribution in [1.82, 2.24) is 4.98 Å². The number of carbonyl (C=O) groups is 1. The molecule has 0 radical (unpaired) electrons. The Labute approximate surface area is 174 Å². The lowest BCUT2D eigenvalue weighted by Crippen LogP contribution is -2.16. The molecule has 0 spiro atoms. The molecular weight excluding hydrogens is 379 g/mol. The molecule has 1 atom stereocenters. The highest BCUT2D eigenvalue weighted by molar-refractivity contribution is 5.99. The fraction of sp³-hybridized carbons (Fsp3) is 0.160. The highest BCUT2D eigenvalue weighted by atomic mass is 19.1. The van der Waals surface area contributed by atoms with Gasteiger partial charge in [-0.3, -0.25) is 4.79 Å². The Morgan fingerprint density at radius 1 is 1.07 bits per heavy atom. The first-order chi connectivity index (χ1) is 14.6. The van der Waals surface area contributed by atoms with Crippen molar-refractivity contribution in [2.45, 2.75) is 12.8 Å². The molecule has 30 heavy (non-hydrogen) atoms. The predicted octanol–water partition coefficient (Wildman–Crippen LogP) is 5.76. The van der Waals surface area contributed by atoms with Crippen molar-refractivity contribution < 1.29 is 13.9 Å². The molecule has 5 heteroatoms. The largest absolute Gasteiger partial charge is 0.497 e. The first kappa shape index (κ1) is 19.7. The van der Waals surface area contributed by atoms with E-state index >= 15 is 0 Å². The van der Waals surface area contributed by atoms with E-state index in [9.17, 15) is 9.18 Å². The third-order valence-electron chi connectivity index (χ3n) is 5.38. The van der Waals surface area contributed by atoms with Gasteiger partial charge in [-0.1, -0.05) is 36.4 Å². The molecule has 2 N–H and O–H groups in total. The van der Waals surface area contributed by atoms with Gasteiger partial charge in [0.05, 0.1) is 12.7 Å². The summed E-state index contributed by atoms with van der Waals surface area (Å²) in [5.74, 6) is -0.0483. The van der Waals surface area contributed by atoms with E-state index in [4.69, 9.17) is 4.74 Å². The number of methoxy groups -OCH3 is 1. The Balaban J connectivity index is 1.73. The Hall–Kier alpha value is -3.60. The fourth-order valence-electron chi connectivity index (χ4n) is 3.87. The van der Waals surface area contributed by atoms with E-state index in [1.807, 2.05) is 48.7 Å². The van der Waals surface area contributed by atoms with Crippen LogP contribution >= 0.6 is 0 Å². The van der Waals surface area contributed by atoms with E-state index in [0.717, 1.165) is 27.8 Å². The maximum Gasteiger partial charge on any atom is 0.164 e. The second-order valence-electron chi connectivity index (χ2n) is 7.21. The summed E-state index contributed by atoms with van der Waals surface area (Å²) >= 11 is 0. The molecule has 1 unspecified atom stereocenters. The van der Waals surface area contributed by atoms with Crippen molar-refractivity contribution in [3.05, 3.63) is 95.4 Å². The standard InChI is InChI=1S/C25H23FN2O2/c1-16(29)25-22(26)7-5-9-24(25)28-14-20(17-10-12-18(30-2)13-11-17)21-15-27-23-8-4-3-6-19(21)23/h3-13,15,20,27-28H,14H2,1-2H3. The zero-order chi connectivity index (χ0) is 21.1. The summed E-state index contributed by atoms with van der Waals surface area (Å²) in [5.41, 5.74) is 3.87. The molecule has 0 bridgehead atoms. The normalized spacial score (nSPS) is 12.0. The van der Waals surface area contributed by atoms with Crippen molar-refractivity contribution in [3.63, 3.8) is 0 Å². The zero-order valence-corrected chi connectivity index (χ0v) is 16.9. The summed E-state index contributed by atoms with van der Waals surface area (Å²) < 4.78 is 19.5. The van der Waals surface area contributed by atoms with E-state index in [1.54, 1.807) is 19.2 Å². The number of hydrogen-bond donors (Lipinski definition) is 2. The number of para-hydroxylation sites is 1. The van der Waals surface area contributed by atoms with E-state index in [0.29, 0.717) is 12.2 Å². The van der Waals surface area contributed by atoms with Crippen LogP contribution in [0.25, 0.3) is 10.9 Å². The van der Waals surface area contributed by atoms with Gasteiger partial charge in [0, 0.05) is 35.2 Å². The van der Waals surface area contributed by atoms with E-state index in [1.165, 1.54) is 13.0 Å². The molecule has 4 aromatic rings. The number of halogens is 1. The smallest absolute Gasteiger partial charge is 0.164 e. The van der Waals surface area contributed by atoms with Gasteiger partial charge in [-0.05, 0) is 48.4 Å². The van der Waals surface area contributed by atoms with Gasteiger partial charge in [0.1, 0.15) is 11.6 Å². The van der Waals surface area contributed by atoms with Crippen molar-refractivity contribution in [2.24, 2.45) is 0 Å². The van der Waals surface area contributed by atoms with Crippen LogP contribution in [0.1, 0.15) is 34.3 Å². The zero-order valence-electron chi connectivity index (χ0n) is 16.9. The summed E-state index contributed by atoms with van der Waals surface area (Å²) in [6, 6.07) is 20.7. The lowest BCUT2D eigenvalue weighted by Gasteiger charge is -2.20. The Morgan fingerprint density at radius 3 is 2.57 bits per heavy atom. The molecule has 4 nitrogen and oxygen atoms in total. The summed E-state index contributed by atoms with van der Waals surface area (Å²) in [7, 11) is 1.64. The quantitative estimate of drug-likeness (QED) is 0.386. The van der Waals surface area contributed by atoms with Gasteiger partial charge in [0.15, 0.2) is 5.78 Å². The van der Waals surface area contributed by atoms with Crippen LogP contribution in [-0.4, -0.2) is 24.4 Å². The summed E-state index contributed by atoms with van der Waals surface area (Å²) in [5, 5.41) is 4.44. The number of carbonyl (C=O) groups excluding carboxylic acids is 1. The second-order valence-corrected chi connectivity index (χ2v) is 7.21. The first-order valence-corrected chi connectivity index (χ1v) is 9.81. The Bertz CT molecular complexity index is 1180. The average molecular weight is 402 g/mol. The van der Waals surface area contributed by atoms with Crippen LogP contribution in [0.5, 0.6) is 5.75 Å². The minimum absolute atomic E-state index is 0.0184. The number of ether oxygens (including phenoxy) is 1. The molecule has 0 fully saturated rings. The van der Waals surface area contributed by atoms with Gasteiger partial charge in [-0.2, -0.15) is 0 Å². The van der Waals surface area contributed by atoms with E-state index in [-0.39, 0.29) is 17.3 Å². The maximum absolute atomic E-state index is 14.2. The van der Waals surface area contributed by atoms with Gasteiger partial charge in [0.2, 0.25) is 0 Å². The molecular formula is C25H23FN2O2. The minimum atomic E-state index is -0.513. The molecule has 0 aliphatic rings. The van der Waals surface area contributed by atoms with Gasteiger partial charge >= 0.3 is 0 Å². The van der Waals surface area contributed by atoms with Crippen molar-refractivity contribution in [1.29, 1.82) is 0 Å². The summed E-state index contributed by atoms with van der Waals surface area (Å²) in [4.78, 5) is 15.3. The lowest BCUT2D eigenvalue weighted by atomic mass is 9.90. The number of H-pyrrole nitrogens is 1. The second kappa shape index (κ2) is 8.41. The van der Waals surface area contributed by atoms with Gasteiger partial charge < -0.3 is 15.0 Å². The number of fused-ring (bicyclic) bond motifs is 1. The van der Waals surface area contributed by atoms with E-state index < -0.39 is 5.82 Å². The van der Waals surface area contributed by atoms with Crippen LogP contribution in [0, 0.1) is 5.82 Å². The number of Topliss-reactive ketones (excluding diaryl/α,β-unsaturated/α-hetero) is 1. The topological polar surface area (TPSA) is 54.1 Å². The number of anilines is 1. The lowest BCUT2D eigenvalue weighted by molar-refractivity contribution is 0.101. The predicted molar refractivity (Wildman–Crippen MR) is 118 cm³/mol. The molecule has 0 saturated heterocycles. The van der Waals surface area contributed by atoms with Gasteiger partial charge in [-0.15, -0.1) is 0 Å². The highest BCUT2D eigenvalue weighted by Gasteiger charge is 2.20. The maximum atomic E-state index is 14.2. The SMILES string of the molecule is COc1ccc(C(CNc2cccc(F)c2C(C)=O)c2c[nH]c3ccccc23)cc1. The molecule has 4 rings (SSSR count). The highest BCUT2D eigenvalue weighted by Crippen LogP contribution is 2.32. The molecule has 0 aliphatic carbocycles. The third-order valence-corrected chi connectivity index (χ3v) is 5.38. The van der Waals surface area contributed by atoms with Crippen LogP contribution in [0.2, 0.25) is 0 Å². The number of rotatable bonds is 7. The average Bonchev–Trinajstić information content (AvgIpc) is 3.18. The number of ketones is 1. The van der Waals surface area contributed by atoms with Crippen LogP contribution in [0.4, 0.5) is 10.1 Å². The number of benzene rings is 3. The fourth-order valence-corrected chi connectivity index (χ4v) is 3.87. The van der Waals surface area contributed by atoms with E-state index in [2.05, 4.69) is 16.4 Å². The minimum Gasteiger partial charge on any atom is -0.497 e. The summed E-state index contributed by atoms with van der Waals surface area (Å²) in [6.07, 6.45) is 2.01. The Morgan fingerprint density at radius 2 is 1.83 bits per heavy atom. The monoisotopic (exact) mass is 402 g/mol. The molecule has 0 amide bonds. The van der Waals surface area contributed by atoms with Crippen LogP contribution in [0.15, 0.2) is 72.9 Å². The van der Waals surface area contributed by atoms with Gasteiger partial charge in [0.25, 0.3) is 0 Å². The molecule has 1 aromatic heterocycles. The first-order valence-electron chi connectivity index (χ1n) is 9.81. The van der Waals surface area contributed by atoms with Crippen molar-refractivity contribution in [3.8, 4) is 5.75 Å². The molecule has 0 saturated carbocycles. The number of hydrogen-bond acceptors (Lipinski definition) is 3. The molecule has 152 valence electrons. The van der Waals surface area contributed by atoms with Crippen LogP contribution in [0.3, 0.4) is 0 Å². The summed E-state index contributed by atoms with van der Waals surface area (Å²) in [6.45, 7) is 1.88. The Kier molecular flexibility index (Phi) is 5.53. The van der Waals surface area contributed by atoms with Crippen LogP contribution < -0.4 is 10.1 Å². The number of aromatic nitrogens is 1. The van der Waals surface area contributed by atoms with Crippen LogP contribution in [-0.2, 0) is 0 Å². The third kappa shape index (κ3) is 3.79. The van der Waals surface area contributed by atoms with Crippen molar-refractivity contribution >= 4 is 22.4 Å². The molecule has 1 heterocycles. The van der Waals surface area contributed by atoms with Gasteiger partial charge in [-0.25, -0.2) is 4.39 Å². The number of nitrogens with one attached hydrogen (secondary N) is 2.